The molecule has 100 valence electrons. The molecule has 2 rings (SSSR count). The molecule has 0 spiro atoms. The van der Waals surface area contributed by atoms with Crippen LogP contribution in [-0.4, -0.2) is 11.4 Å². The molecule has 0 heterocycles. The van der Waals surface area contributed by atoms with Gasteiger partial charge in [0.1, 0.15) is 0 Å². The van der Waals surface area contributed by atoms with E-state index < -0.39 is 11.7 Å². The number of hydrogen-bond acceptors (Lipinski definition) is 1. The van der Waals surface area contributed by atoms with E-state index in [0.717, 1.165) is 43.5 Å². The number of halogens is 4. The highest BCUT2D eigenvalue weighted by molar-refractivity contribution is 6.20. The van der Waals surface area contributed by atoms with Crippen molar-refractivity contribution >= 4 is 17.3 Å². The number of anilines is 1. The molecule has 1 aliphatic rings. The summed E-state index contributed by atoms with van der Waals surface area (Å²) in [6.07, 6.45) is -0.417. The lowest BCUT2D eigenvalue weighted by Gasteiger charge is -2.26. The molecule has 0 bridgehead atoms. The van der Waals surface area contributed by atoms with Crippen LogP contribution in [-0.2, 0) is 6.18 Å². The second-order valence-corrected chi connectivity index (χ2v) is 5.29. The molecule has 0 aromatic heterocycles. The van der Waals surface area contributed by atoms with Crippen LogP contribution in [0.4, 0.5) is 18.9 Å². The molecule has 1 saturated carbocycles. The lowest BCUT2D eigenvalue weighted by molar-refractivity contribution is -0.137. The zero-order valence-corrected chi connectivity index (χ0v) is 10.6. The standard InChI is InChI=1S/C13H15ClF3N/c14-10-3-7-12(8-4-10)18-11-5-1-9(2-6-11)13(15,16)17/h1-2,5-6,10,12,18H,3-4,7-8H2. The Balaban J connectivity index is 1.94. The van der Waals surface area contributed by atoms with Crippen molar-refractivity contribution in [3.63, 3.8) is 0 Å². The Hall–Kier alpha value is -0.900. The predicted octanol–water partition coefficient (Wildman–Crippen LogP) is 4.67. The van der Waals surface area contributed by atoms with Crippen LogP contribution in [0.5, 0.6) is 0 Å². The fourth-order valence-corrected chi connectivity index (χ4v) is 2.44. The lowest BCUT2D eigenvalue weighted by Crippen LogP contribution is -2.26. The van der Waals surface area contributed by atoms with Gasteiger partial charge in [0, 0.05) is 17.1 Å². The Kier molecular flexibility index (Phi) is 4.05. The summed E-state index contributed by atoms with van der Waals surface area (Å²) < 4.78 is 37.2. The Bertz CT molecular complexity index is 380. The maximum Gasteiger partial charge on any atom is 0.416 e. The van der Waals surface area contributed by atoms with Crippen molar-refractivity contribution in [3.8, 4) is 0 Å². The molecule has 1 N–H and O–H groups in total. The molecule has 1 nitrogen and oxygen atoms in total. The van der Waals surface area contributed by atoms with E-state index in [1.165, 1.54) is 12.1 Å². The van der Waals surface area contributed by atoms with E-state index in [1.54, 1.807) is 0 Å². The van der Waals surface area contributed by atoms with Crippen molar-refractivity contribution < 1.29 is 13.2 Å². The Morgan fingerprint density at radius 2 is 1.56 bits per heavy atom. The van der Waals surface area contributed by atoms with Gasteiger partial charge in [-0.1, -0.05) is 0 Å². The maximum absolute atomic E-state index is 12.4. The zero-order valence-electron chi connectivity index (χ0n) is 9.80. The largest absolute Gasteiger partial charge is 0.416 e. The van der Waals surface area contributed by atoms with E-state index >= 15 is 0 Å². The minimum absolute atomic E-state index is 0.246. The minimum Gasteiger partial charge on any atom is -0.382 e. The Morgan fingerprint density at radius 3 is 2.06 bits per heavy atom. The average Bonchev–Trinajstić information content (AvgIpc) is 2.32. The molecular weight excluding hydrogens is 263 g/mol. The zero-order chi connectivity index (χ0) is 13.2. The molecule has 1 aromatic carbocycles. The number of alkyl halides is 4. The summed E-state index contributed by atoms with van der Waals surface area (Å²) in [7, 11) is 0. The van der Waals surface area contributed by atoms with Crippen LogP contribution in [0.2, 0.25) is 0 Å². The summed E-state index contributed by atoms with van der Waals surface area (Å²) in [6, 6.07) is 5.49. The first-order valence-electron chi connectivity index (χ1n) is 6.03. The predicted molar refractivity (Wildman–Crippen MR) is 67.0 cm³/mol. The summed E-state index contributed by atoms with van der Waals surface area (Å²) in [5, 5.41) is 3.50. The van der Waals surface area contributed by atoms with Crippen LogP contribution >= 0.6 is 11.6 Å². The molecule has 1 aromatic rings. The Labute approximate surface area is 109 Å². The highest BCUT2D eigenvalue weighted by Gasteiger charge is 2.30. The van der Waals surface area contributed by atoms with E-state index in [1.807, 2.05) is 0 Å². The van der Waals surface area contributed by atoms with Crippen LogP contribution in [0.25, 0.3) is 0 Å². The van der Waals surface area contributed by atoms with Crippen LogP contribution in [0.15, 0.2) is 24.3 Å². The van der Waals surface area contributed by atoms with Gasteiger partial charge in [0.05, 0.1) is 5.56 Å². The summed E-state index contributed by atoms with van der Waals surface area (Å²) in [4.78, 5) is 0. The van der Waals surface area contributed by atoms with Crippen molar-refractivity contribution in [2.45, 2.75) is 43.3 Å². The Morgan fingerprint density at radius 1 is 1.00 bits per heavy atom. The van der Waals surface area contributed by atoms with Gasteiger partial charge in [0.15, 0.2) is 0 Å². The molecule has 18 heavy (non-hydrogen) atoms. The van der Waals surface area contributed by atoms with Crippen LogP contribution in [0.1, 0.15) is 31.2 Å². The van der Waals surface area contributed by atoms with Gasteiger partial charge in [-0.15, -0.1) is 11.6 Å². The molecule has 5 heteroatoms. The SMILES string of the molecule is FC(F)(F)c1ccc(NC2CCC(Cl)CC2)cc1. The lowest BCUT2D eigenvalue weighted by atomic mass is 9.95. The van der Waals surface area contributed by atoms with Crippen LogP contribution in [0.3, 0.4) is 0 Å². The maximum atomic E-state index is 12.4. The number of benzene rings is 1. The summed E-state index contributed by atoms with van der Waals surface area (Å²) >= 11 is 6.00. The van der Waals surface area contributed by atoms with E-state index in [4.69, 9.17) is 11.6 Å². The molecule has 0 radical (unpaired) electrons. The van der Waals surface area contributed by atoms with Crippen LogP contribution < -0.4 is 5.32 Å². The highest BCUT2D eigenvalue weighted by atomic mass is 35.5. The third kappa shape index (κ3) is 3.55. The monoisotopic (exact) mass is 277 g/mol. The third-order valence-electron chi connectivity index (χ3n) is 3.24. The molecule has 0 amide bonds. The number of hydrogen-bond donors (Lipinski definition) is 1. The van der Waals surface area contributed by atoms with Crippen molar-refractivity contribution in [2.24, 2.45) is 0 Å². The molecular formula is C13H15ClF3N. The van der Waals surface area contributed by atoms with E-state index in [-0.39, 0.29) is 5.38 Å². The summed E-state index contributed by atoms with van der Waals surface area (Å²) in [6.45, 7) is 0. The second-order valence-electron chi connectivity index (χ2n) is 4.67. The fraction of sp³-hybridized carbons (Fsp3) is 0.538. The smallest absolute Gasteiger partial charge is 0.382 e. The van der Waals surface area contributed by atoms with Gasteiger partial charge < -0.3 is 5.32 Å². The molecule has 1 fully saturated rings. The van der Waals surface area contributed by atoms with E-state index in [9.17, 15) is 13.2 Å². The number of nitrogens with one attached hydrogen (secondary N) is 1. The fourth-order valence-electron chi connectivity index (χ4n) is 2.19. The second kappa shape index (κ2) is 5.39. The molecule has 0 atom stereocenters. The molecule has 0 saturated heterocycles. The van der Waals surface area contributed by atoms with Crippen LogP contribution in [0, 0.1) is 0 Å². The normalized spacial score (nSPS) is 24.9. The number of rotatable bonds is 2. The van der Waals surface area contributed by atoms with Crippen molar-refractivity contribution in [3.05, 3.63) is 29.8 Å². The van der Waals surface area contributed by atoms with E-state index in [2.05, 4.69) is 5.32 Å². The van der Waals surface area contributed by atoms with Gasteiger partial charge in [0.2, 0.25) is 0 Å². The first-order chi connectivity index (χ1) is 8.45. The minimum atomic E-state index is -4.27. The molecule has 0 unspecified atom stereocenters. The first-order valence-corrected chi connectivity index (χ1v) is 6.46. The van der Waals surface area contributed by atoms with Crippen molar-refractivity contribution in [1.82, 2.24) is 0 Å². The highest BCUT2D eigenvalue weighted by Crippen LogP contribution is 2.30. The summed E-state index contributed by atoms with van der Waals surface area (Å²) in [5.74, 6) is 0. The first kappa shape index (κ1) is 13.5. The quantitative estimate of drug-likeness (QED) is 0.775. The van der Waals surface area contributed by atoms with Gasteiger partial charge in [-0.3, -0.25) is 0 Å². The van der Waals surface area contributed by atoms with Gasteiger partial charge in [-0.05, 0) is 49.9 Å². The van der Waals surface area contributed by atoms with E-state index in [0.29, 0.717) is 6.04 Å². The third-order valence-corrected chi connectivity index (χ3v) is 3.68. The molecule has 0 aliphatic heterocycles. The topological polar surface area (TPSA) is 12.0 Å². The average molecular weight is 278 g/mol. The van der Waals surface area contributed by atoms with Crippen molar-refractivity contribution in [1.29, 1.82) is 0 Å². The van der Waals surface area contributed by atoms with Gasteiger partial charge in [0.25, 0.3) is 0 Å². The van der Waals surface area contributed by atoms with Gasteiger partial charge >= 0.3 is 6.18 Å². The molecule has 1 aliphatic carbocycles. The van der Waals surface area contributed by atoms with Gasteiger partial charge in [-0.2, -0.15) is 13.2 Å². The van der Waals surface area contributed by atoms with Crippen molar-refractivity contribution in [2.75, 3.05) is 5.32 Å². The van der Waals surface area contributed by atoms with Gasteiger partial charge in [-0.25, -0.2) is 0 Å². The summed E-state index contributed by atoms with van der Waals surface area (Å²) in [5.41, 5.74) is 0.124.